The molecular weight excluding hydrogens is 124 g/mol. The molecule has 0 spiro atoms. The van der Waals surface area contributed by atoms with E-state index in [0.717, 1.165) is 17.7 Å². The van der Waals surface area contributed by atoms with Gasteiger partial charge in [-0.1, -0.05) is 18.2 Å². The van der Waals surface area contributed by atoms with Crippen LogP contribution in [0.15, 0.2) is 24.3 Å². The van der Waals surface area contributed by atoms with Gasteiger partial charge in [0, 0.05) is 1.37 Å². The highest BCUT2D eigenvalue weighted by molar-refractivity contribution is 5.34. The third-order valence-corrected chi connectivity index (χ3v) is 1.66. The molecule has 10 heavy (non-hydrogen) atoms. The van der Waals surface area contributed by atoms with Gasteiger partial charge in [-0.3, -0.25) is 0 Å². The predicted molar refractivity (Wildman–Crippen MR) is 40.3 cm³/mol. The molecule has 1 aromatic rings. The number of fused-ring (bicyclic) bond motifs is 1. The first-order chi connectivity index (χ1) is 5.38. The number of aryl methyl sites for hydroxylation is 1. The summed E-state index contributed by atoms with van der Waals surface area (Å²) in [7, 11) is 0. The van der Waals surface area contributed by atoms with Crippen molar-refractivity contribution in [1.29, 1.82) is 0 Å². The van der Waals surface area contributed by atoms with Crippen LogP contribution < -0.4 is 4.74 Å². The first-order valence-electron chi connectivity index (χ1n) is 4.09. The first-order valence-corrected chi connectivity index (χ1v) is 3.52. The van der Waals surface area contributed by atoms with Gasteiger partial charge in [0.1, 0.15) is 5.75 Å². The average Bonchev–Trinajstić information content (AvgIpc) is 2.06. The summed E-state index contributed by atoms with van der Waals surface area (Å²) in [5.74, 6) is 0.888. The Bertz CT molecular complexity index is 259. The van der Waals surface area contributed by atoms with Crippen molar-refractivity contribution in [2.75, 3.05) is 6.61 Å². The monoisotopic (exact) mass is 135 g/mol. The number of ether oxygens (including phenoxy) is 1. The minimum atomic E-state index is -0.0834. The molecule has 0 fully saturated rings. The molecule has 1 aromatic carbocycles. The number of para-hydroxylation sites is 1. The minimum Gasteiger partial charge on any atom is -0.493 e. The van der Waals surface area contributed by atoms with Crippen LogP contribution in [-0.4, -0.2) is 6.61 Å². The molecule has 0 saturated heterocycles. The number of hydrogen-bond donors (Lipinski definition) is 0. The van der Waals surface area contributed by atoms with Gasteiger partial charge in [-0.2, -0.15) is 0 Å². The molecule has 1 nitrogen and oxygen atoms in total. The molecule has 2 rings (SSSR count). The maximum atomic E-state index is 7.67. The molecule has 0 saturated carbocycles. The first kappa shape index (κ1) is 4.78. The quantitative estimate of drug-likeness (QED) is 0.528. The van der Waals surface area contributed by atoms with E-state index >= 15 is 0 Å². The Labute approximate surface area is 62.0 Å². The lowest BCUT2D eigenvalue weighted by Gasteiger charge is -2.15. The third-order valence-electron chi connectivity index (χ3n) is 1.66. The molecule has 1 atom stereocenters. The van der Waals surface area contributed by atoms with Gasteiger partial charge in [-0.15, -0.1) is 0 Å². The van der Waals surface area contributed by atoms with E-state index in [4.69, 9.17) is 6.11 Å². The summed E-state index contributed by atoms with van der Waals surface area (Å²) < 4.78 is 13.0. The van der Waals surface area contributed by atoms with E-state index in [2.05, 4.69) is 0 Å². The summed E-state index contributed by atoms with van der Waals surface area (Å²) >= 11 is 0. The standard InChI is InChI=1S/C9H10O/c1-2-6-9-8(4-1)5-3-7-10-9/h1-2,4,6H,3,5,7H2/i5D/t5-/m1/s1. The van der Waals surface area contributed by atoms with E-state index in [-0.39, 0.29) is 6.40 Å². The lowest BCUT2D eigenvalue weighted by Crippen LogP contribution is -2.07. The van der Waals surface area contributed by atoms with Gasteiger partial charge in [0.25, 0.3) is 0 Å². The van der Waals surface area contributed by atoms with E-state index in [0.29, 0.717) is 6.61 Å². The summed E-state index contributed by atoms with van der Waals surface area (Å²) in [6.45, 7) is 0.686. The molecule has 0 aromatic heterocycles. The van der Waals surface area contributed by atoms with Crippen LogP contribution in [0.5, 0.6) is 5.75 Å². The van der Waals surface area contributed by atoms with Crippen molar-refractivity contribution in [2.45, 2.75) is 12.8 Å². The molecule has 0 radical (unpaired) electrons. The Morgan fingerprint density at radius 2 is 2.30 bits per heavy atom. The van der Waals surface area contributed by atoms with Crippen molar-refractivity contribution in [3.05, 3.63) is 29.8 Å². The van der Waals surface area contributed by atoms with Gasteiger partial charge in [0.2, 0.25) is 0 Å². The van der Waals surface area contributed by atoms with E-state index in [1.54, 1.807) is 0 Å². The number of hydrogen-bond acceptors (Lipinski definition) is 1. The highest BCUT2D eigenvalue weighted by Gasteiger charge is 2.06. The second-order valence-corrected chi connectivity index (χ2v) is 2.38. The summed E-state index contributed by atoms with van der Waals surface area (Å²) in [6.07, 6.45) is 0.733. The lowest BCUT2D eigenvalue weighted by molar-refractivity contribution is 0.288. The molecule has 0 amide bonds. The maximum Gasteiger partial charge on any atom is 0.122 e. The van der Waals surface area contributed by atoms with Crippen LogP contribution in [-0.2, 0) is 6.40 Å². The van der Waals surface area contributed by atoms with Crippen molar-refractivity contribution in [3.8, 4) is 5.75 Å². The molecule has 0 aliphatic carbocycles. The average molecular weight is 135 g/mol. The molecule has 1 aliphatic heterocycles. The maximum absolute atomic E-state index is 7.67. The number of benzene rings is 1. The summed E-state index contributed by atoms with van der Waals surface area (Å²) in [5.41, 5.74) is 1.03. The van der Waals surface area contributed by atoms with Gasteiger partial charge in [0.05, 0.1) is 6.61 Å². The molecule has 0 N–H and O–H groups in total. The van der Waals surface area contributed by atoms with Gasteiger partial charge in [-0.25, -0.2) is 0 Å². The molecule has 1 heteroatoms. The van der Waals surface area contributed by atoms with Crippen LogP contribution in [0.2, 0.25) is 0 Å². The largest absolute Gasteiger partial charge is 0.493 e. The van der Waals surface area contributed by atoms with Crippen LogP contribution >= 0.6 is 0 Å². The van der Waals surface area contributed by atoms with Crippen LogP contribution in [0.3, 0.4) is 0 Å². The smallest absolute Gasteiger partial charge is 0.122 e. The topological polar surface area (TPSA) is 9.23 Å². The molecule has 1 aliphatic rings. The second kappa shape index (κ2) is 2.33. The third kappa shape index (κ3) is 0.878. The fraction of sp³-hybridized carbons (Fsp3) is 0.333. The second-order valence-electron chi connectivity index (χ2n) is 2.38. The van der Waals surface area contributed by atoms with Crippen LogP contribution in [0.1, 0.15) is 13.4 Å². The van der Waals surface area contributed by atoms with Crippen molar-refractivity contribution in [1.82, 2.24) is 0 Å². The van der Waals surface area contributed by atoms with Gasteiger partial charge in [0.15, 0.2) is 0 Å². The fourth-order valence-corrected chi connectivity index (χ4v) is 1.16. The molecule has 0 unspecified atom stereocenters. The van der Waals surface area contributed by atoms with Crippen LogP contribution in [0.4, 0.5) is 0 Å². The van der Waals surface area contributed by atoms with Crippen molar-refractivity contribution in [2.24, 2.45) is 0 Å². The van der Waals surface area contributed by atoms with E-state index in [1.165, 1.54) is 0 Å². The van der Waals surface area contributed by atoms with Gasteiger partial charge < -0.3 is 4.74 Å². The Morgan fingerprint density at radius 1 is 1.40 bits per heavy atom. The minimum absolute atomic E-state index is 0.0834. The van der Waals surface area contributed by atoms with E-state index < -0.39 is 0 Å². The lowest BCUT2D eigenvalue weighted by atomic mass is 10.1. The summed E-state index contributed by atoms with van der Waals surface area (Å²) in [5, 5.41) is 0. The van der Waals surface area contributed by atoms with Crippen molar-refractivity contribution in [3.63, 3.8) is 0 Å². The summed E-state index contributed by atoms with van der Waals surface area (Å²) in [6, 6.07) is 7.79. The van der Waals surface area contributed by atoms with Crippen molar-refractivity contribution < 1.29 is 6.11 Å². The van der Waals surface area contributed by atoms with Gasteiger partial charge >= 0.3 is 0 Å². The highest BCUT2D eigenvalue weighted by Crippen LogP contribution is 2.22. The molecule has 0 bridgehead atoms. The van der Waals surface area contributed by atoms with Crippen LogP contribution in [0.25, 0.3) is 0 Å². The fourth-order valence-electron chi connectivity index (χ4n) is 1.16. The Balaban J connectivity index is 2.44. The summed E-state index contributed by atoms with van der Waals surface area (Å²) in [4.78, 5) is 0. The van der Waals surface area contributed by atoms with Crippen molar-refractivity contribution >= 4 is 0 Å². The zero-order valence-electron chi connectivity index (χ0n) is 6.71. The molecular formula is C9H10O. The molecule has 52 valence electrons. The van der Waals surface area contributed by atoms with E-state index in [1.807, 2.05) is 24.3 Å². The molecule has 1 heterocycles. The normalized spacial score (nSPS) is 24.4. The SMILES string of the molecule is [2H][C@@H]1CCOc2ccccc21. The Morgan fingerprint density at radius 3 is 3.20 bits per heavy atom. The zero-order chi connectivity index (χ0) is 7.68. The highest BCUT2D eigenvalue weighted by atomic mass is 16.5. The van der Waals surface area contributed by atoms with E-state index in [9.17, 15) is 0 Å². The Kier molecular flexibility index (Phi) is 1.11. The number of rotatable bonds is 0. The van der Waals surface area contributed by atoms with Crippen LogP contribution in [0, 0.1) is 0 Å². The predicted octanol–water partition coefficient (Wildman–Crippen LogP) is 2.01. The Hall–Kier alpha value is -0.980. The van der Waals surface area contributed by atoms with Gasteiger partial charge in [-0.05, 0) is 24.4 Å². The zero-order valence-corrected chi connectivity index (χ0v) is 5.71.